The van der Waals surface area contributed by atoms with Crippen LogP contribution in [0.15, 0.2) is 29.8 Å². The molecule has 0 atom stereocenters. The number of hydrogen-bond acceptors (Lipinski definition) is 5. The molecular weight excluding hydrogens is 341 g/mol. The Morgan fingerprint density at radius 1 is 1.36 bits per heavy atom. The van der Waals surface area contributed by atoms with Crippen molar-refractivity contribution in [1.82, 2.24) is 15.2 Å². The largest absolute Gasteiger partial charge is 0.385 e. The molecule has 0 bridgehead atoms. The maximum atomic E-state index is 13.0. The van der Waals surface area contributed by atoms with Crippen molar-refractivity contribution >= 4 is 17.2 Å². The van der Waals surface area contributed by atoms with E-state index in [1.165, 1.54) is 23.5 Å². The highest BCUT2D eigenvalue weighted by atomic mass is 32.1. The number of carbonyl (C=O) groups is 1. The summed E-state index contributed by atoms with van der Waals surface area (Å²) in [4.78, 5) is 19.0. The van der Waals surface area contributed by atoms with Crippen molar-refractivity contribution in [2.24, 2.45) is 0 Å². The van der Waals surface area contributed by atoms with E-state index < -0.39 is 5.60 Å². The van der Waals surface area contributed by atoms with E-state index in [9.17, 15) is 14.3 Å². The summed E-state index contributed by atoms with van der Waals surface area (Å²) < 4.78 is 13.0. The van der Waals surface area contributed by atoms with Gasteiger partial charge in [-0.25, -0.2) is 9.37 Å². The molecule has 1 aliphatic rings. The van der Waals surface area contributed by atoms with Crippen molar-refractivity contribution in [3.8, 4) is 0 Å². The fourth-order valence-corrected chi connectivity index (χ4v) is 3.84. The molecule has 0 saturated carbocycles. The van der Waals surface area contributed by atoms with Crippen LogP contribution in [0.2, 0.25) is 0 Å². The summed E-state index contributed by atoms with van der Waals surface area (Å²) in [6.45, 7) is 4.60. The number of halogens is 1. The van der Waals surface area contributed by atoms with Gasteiger partial charge in [0.15, 0.2) is 0 Å². The van der Waals surface area contributed by atoms with E-state index in [-0.39, 0.29) is 11.7 Å². The van der Waals surface area contributed by atoms with Crippen LogP contribution in [0, 0.1) is 12.7 Å². The van der Waals surface area contributed by atoms with Gasteiger partial charge in [0, 0.05) is 26.2 Å². The summed E-state index contributed by atoms with van der Waals surface area (Å²) in [6, 6.07) is 6.08. The number of nitrogens with zero attached hydrogens (tertiary/aromatic N) is 2. The number of amides is 1. The Morgan fingerprint density at radius 3 is 2.64 bits per heavy atom. The number of aliphatic hydroxyl groups is 1. The Bertz CT molecular complexity index is 724. The molecule has 2 N–H and O–H groups in total. The van der Waals surface area contributed by atoms with Crippen molar-refractivity contribution < 1.29 is 14.3 Å². The quantitative estimate of drug-likeness (QED) is 0.856. The van der Waals surface area contributed by atoms with Gasteiger partial charge in [0.25, 0.3) is 5.91 Å². The number of hydrogen-bond donors (Lipinski definition) is 2. The van der Waals surface area contributed by atoms with Gasteiger partial charge in [-0.1, -0.05) is 12.1 Å². The molecule has 0 spiro atoms. The van der Waals surface area contributed by atoms with Gasteiger partial charge in [-0.2, -0.15) is 0 Å². The molecule has 2 aromatic rings. The van der Waals surface area contributed by atoms with Crippen molar-refractivity contribution in [2.45, 2.75) is 25.4 Å². The summed E-state index contributed by atoms with van der Waals surface area (Å²) >= 11 is 1.35. The Morgan fingerprint density at radius 2 is 2.04 bits per heavy atom. The third kappa shape index (κ3) is 4.23. The van der Waals surface area contributed by atoms with Gasteiger partial charge in [-0.3, -0.25) is 4.79 Å². The number of thiazole rings is 1. The molecule has 0 aliphatic carbocycles. The molecule has 7 heteroatoms. The minimum Gasteiger partial charge on any atom is -0.385 e. The maximum Gasteiger partial charge on any atom is 0.263 e. The monoisotopic (exact) mass is 363 g/mol. The van der Waals surface area contributed by atoms with Crippen molar-refractivity contribution in [3.63, 3.8) is 0 Å². The predicted octanol–water partition coefficient (Wildman–Crippen LogP) is 2.30. The van der Waals surface area contributed by atoms with Gasteiger partial charge >= 0.3 is 0 Å². The van der Waals surface area contributed by atoms with Crippen LogP contribution in [0.5, 0.6) is 0 Å². The lowest BCUT2D eigenvalue weighted by atomic mass is 9.84. The third-order valence-electron chi connectivity index (χ3n) is 4.73. The molecule has 1 aliphatic heterocycles. The molecular formula is C18H22FN3O2S. The van der Waals surface area contributed by atoms with Crippen LogP contribution < -0.4 is 5.32 Å². The highest BCUT2D eigenvalue weighted by Crippen LogP contribution is 2.32. The lowest BCUT2D eigenvalue weighted by Gasteiger charge is -2.38. The van der Waals surface area contributed by atoms with E-state index in [4.69, 9.17) is 0 Å². The molecule has 0 unspecified atom stereocenters. The summed E-state index contributed by atoms with van der Waals surface area (Å²) in [5.74, 6) is -0.378. The van der Waals surface area contributed by atoms with Gasteiger partial charge in [-0.15, -0.1) is 11.3 Å². The van der Waals surface area contributed by atoms with Gasteiger partial charge in [0.2, 0.25) is 0 Å². The molecule has 1 aromatic carbocycles. The van der Waals surface area contributed by atoms with Crippen molar-refractivity contribution in [1.29, 1.82) is 0 Å². The first kappa shape index (κ1) is 18.0. The minimum atomic E-state index is -0.896. The van der Waals surface area contributed by atoms with E-state index in [1.54, 1.807) is 17.6 Å². The summed E-state index contributed by atoms with van der Waals surface area (Å²) in [6.07, 6.45) is 1.20. The zero-order chi connectivity index (χ0) is 17.9. The average molecular weight is 363 g/mol. The van der Waals surface area contributed by atoms with Crippen molar-refractivity contribution in [3.05, 3.63) is 51.7 Å². The fourth-order valence-electron chi connectivity index (χ4n) is 3.12. The number of aromatic nitrogens is 1. The summed E-state index contributed by atoms with van der Waals surface area (Å²) in [7, 11) is 0. The topological polar surface area (TPSA) is 65.5 Å². The standard InChI is InChI=1S/C18H22FN3O2S/c1-13-16(25-12-21-13)17(23)20-8-11-22-9-6-18(24,7-10-22)14-2-4-15(19)5-3-14/h2-5,12,24H,6-11H2,1H3,(H,20,23). The number of benzene rings is 1. The number of nitrogens with one attached hydrogen (secondary N) is 1. The SMILES string of the molecule is Cc1ncsc1C(=O)NCCN1CCC(O)(c2ccc(F)cc2)CC1. The molecule has 1 saturated heterocycles. The molecule has 3 rings (SSSR count). The van der Waals surface area contributed by atoms with Crippen LogP contribution in [-0.4, -0.2) is 47.1 Å². The molecule has 1 amide bonds. The van der Waals surface area contributed by atoms with E-state index in [0.29, 0.717) is 24.3 Å². The van der Waals surface area contributed by atoms with Gasteiger partial charge in [0.05, 0.1) is 16.8 Å². The zero-order valence-electron chi connectivity index (χ0n) is 14.2. The zero-order valence-corrected chi connectivity index (χ0v) is 15.0. The molecule has 1 aromatic heterocycles. The van der Waals surface area contributed by atoms with E-state index in [1.807, 2.05) is 6.92 Å². The number of likely N-dealkylation sites (tertiary alicyclic amines) is 1. The van der Waals surface area contributed by atoms with E-state index >= 15 is 0 Å². The molecule has 134 valence electrons. The van der Waals surface area contributed by atoms with E-state index in [2.05, 4.69) is 15.2 Å². The Hall–Kier alpha value is -1.83. The molecule has 5 nitrogen and oxygen atoms in total. The van der Waals surface area contributed by atoms with Gasteiger partial charge < -0.3 is 15.3 Å². The number of aryl methyl sites for hydroxylation is 1. The second kappa shape index (κ2) is 7.59. The second-order valence-electron chi connectivity index (χ2n) is 6.40. The number of carbonyl (C=O) groups excluding carboxylic acids is 1. The molecule has 0 radical (unpaired) electrons. The van der Waals surface area contributed by atoms with Crippen LogP contribution in [-0.2, 0) is 5.60 Å². The lowest BCUT2D eigenvalue weighted by molar-refractivity contribution is -0.0255. The molecule has 2 heterocycles. The predicted molar refractivity (Wildman–Crippen MR) is 95.2 cm³/mol. The van der Waals surface area contributed by atoms with Gasteiger partial charge in [0.1, 0.15) is 10.7 Å². The van der Waals surface area contributed by atoms with Crippen LogP contribution >= 0.6 is 11.3 Å². The highest BCUT2D eigenvalue weighted by Gasteiger charge is 2.33. The first-order valence-electron chi connectivity index (χ1n) is 8.37. The normalized spacial score (nSPS) is 17.4. The third-order valence-corrected chi connectivity index (χ3v) is 5.66. The highest BCUT2D eigenvalue weighted by molar-refractivity contribution is 7.11. The van der Waals surface area contributed by atoms with Crippen molar-refractivity contribution in [2.75, 3.05) is 26.2 Å². The molecule has 1 fully saturated rings. The number of rotatable bonds is 5. The minimum absolute atomic E-state index is 0.0835. The number of piperidine rings is 1. The van der Waals surface area contributed by atoms with E-state index in [0.717, 1.165) is 30.9 Å². The maximum absolute atomic E-state index is 13.0. The molecule has 25 heavy (non-hydrogen) atoms. The Kier molecular flexibility index (Phi) is 5.46. The smallest absolute Gasteiger partial charge is 0.263 e. The lowest BCUT2D eigenvalue weighted by Crippen LogP contribution is -2.45. The van der Waals surface area contributed by atoms with Crippen LogP contribution in [0.3, 0.4) is 0 Å². The summed E-state index contributed by atoms with van der Waals surface area (Å²) in [5, 5.41) is 13.7. The summed E-state index contributed by atoms with van der Waals surface area (Å²) in [5.41, 5.74) is 2.30. The Balaban J connectivity index is 1.46. The van der Waals surface area contributed by atoms with Crippen LogP contribution in [0.1, 0.15) is 33.8 Å². The first-order chi connectivity index (χ1) is 12.0. The van der Waals surface area contributed by atoms with Gasteiger partial charge in [-0.05, 0) is 37.5 Å². The first-order valence-corrected chi connectivity index (χ1v) is 9.25. The fraction of sp³-hybridized carbons (Fsp3) is 0.444. The second-order valence-corrected chi connectivity index (χ2v) is 7.26. The van der Waals surface area contributed by atoms with Crippen LogP contribution in [0.25, 0.3) is 0 Å². The average Bonchev–Trinajstić information content (AvgIpc) is 3.03. The van der Waals surface area contributed by atoms with Crippen LogP contribution in [0.4, 0.5) is 4.39 Å². The Labute approximate surface area is 150 Å².